The van der Waals surface area contributed by atoms with Crippen LogP contribution in [0.15, 0.2) is 0 Å². The van der Waals surface area contributed by atoms with Crippen LogP contribution in [0.1, 0.15) is 64.2 Å². The Morgan fingerprint density at radius 1 is 0.441 bits per heavy atom. The second kappa shape index (κ2) is 10.1. The fraction of sp³-hybridized carbons (Fsp3) is 0.929. The van der Waals surface area contributed by atoms with Gasteiger partial charge in [0.2, 0.25) is 0 Å². The van der Waals surface area contributed by atoms with Crippen LogP contribution < -0.4 is 0 Å². The van der Waals surface area contributed by atoms with Gasteiger partial charge < -0.3 is 18.9 Å². The quantitative estimate of drug-likeness (QED) is 0.329. The third kappa shape index (κ3) is 4.78. The Morgan fingerprint density at radius 2 is 0.735 bits per heavy atom. The summed E-state index contributed by atoms with van der Waals surface area (Å²) >= 11 is 0. The molecule has 0 N–H and O–H groups in total. The lowest BCUT2D eigenvalue weighted by Crippen LogP contribution is -2.48. The Hall–Kier alpha value is -1.14. The first kappa shape index (κ1) is 23.3. The molecule has 8 saturated carbocycles. The minimum atomic E-state index is 0.00889. The highest BCUT2D eigenvalue weighted by Crippen LogP contribution is 2.57. The molecule has 0 spiro atoms. The van der Waals surface area contributed by atoms with E-state index in [4.69, 9.17) is 18.9 Å². The van der Waals surface area contributed by atoms with Gasteiger partial charge in [-0.15, -0.1) is 0 Å². The maximum absolute atomic E-state index is 12.6. The van der Waals surface area contributed by atoms with Gasteiger partial charge in [0.1, 0.15) is 13.2 Å². The number of hydrogen-bond donors (Lipinski definition) is 0. The number of carbonyl (C=O) groups is 2. The number of hydrogen-bond acceptors (Lipinski definition) is 6. The lowest BCUT2D eigenvalue weighted by Gasteiger charge is -2.53. The molecule has 0 aromatic carbocycles. The van der Waals surface area contributed by atoms with E-state index in [0.29, 0.717) is 63.3 Å². The lowest BCUT2D eigenvalue weighted by atomic mass is 9.52. The molecular weight excluding hydrogens is 432 g/mol. The minimum Gasteiger partial charge on any atom is -0.463 e. The predicted octanol–water partition coefficient (Wildman–Crippen LogP) is 4.25. The highest BCUT2D eigenvalue weighted by Gasteiger charge is 2.52. The van der Waals surface area contributed by atoms with Crippen LogP contribution in [0, 0.1) is 59.2 Å². The molecule has 0 saturated heterocycles. The van der Waals surface area contributed by atoms with E-state index in [-0.39, 0.29) is 23.8 Å². The van der Waals surface area contributed by atoms with Gasteiger partial charge in [0.15, 0.2) is 0 Å². The largest absolute Gasteiger partial charge is 0.463 e. The maximum atomic E-state index is 12.6. The van der Waals surface area contributed by atoms with Crippen LogP contribution in [0.2, 0.25) is 0 Å². The van der Waals surface area contributed by atoms with E-state index in [1.807, 2.05) is 0 Å². The first-order chi connectivity index (χ1) is 16.6. The molecule has 0 radical (unpaired) electrons. The van der Waals surface area contributed by atoms with E-state index in [1.165, 1.54) is 64.2 Å². The Bertz CT molecular complexity index is 631. The molecule has 8 aliphatic carbocycles. The third-order valence-corrected chi connectivity index (χ3v) is 10.3. The molecule has 8 aliphatic rings. The van der Waals surface area contributed by atoms with E-state index in [0.717, 1.165) is 23.7 Å². The van der Waals surface area contributed by atoms with Gasteiger partial charge in [0.25, 0.3) is 0 Å². The van der Waals surface area contributed by atoms with Gasteiger partial charge in [-0.3, -0.25) is 9.59 Å². The Kier molecular flexibility index (Phi) is 6.90. The van der Waals surface area contributed by atoms with Gasteiger partial charge in [-0.25, -0.2) is 0 Å². The van der Waals surface area contributed by atoms with E-state index < -0.39 is 0 Å². The van der Waals surface area contributed by atoms with Crippen molar-refractivity contribution in [1.29, 1.82) is 0 Å². The molecule has 34 heavy (non-hydrogen) atoms. The van der Waals surface area contributed by atoms with Crippen molar-refractivity contribution in [3.8, 4) is 0 Å². The predicted molar refractivity (Wildman–Crippen MR) is 125 cm³/mol. The molecule has 0 unspecified atom stereocenters. The summed E-state index contributed by atoms with van der Waals surface area (Å²) < 4.78 is 22.3. The molecule has 0 aromatic heterocycles. The summed E-state index contributed by atoms with van der Waals surface area (Å²) in [5.41, 5.74) is 0. The lowest BCUT2D eigenvalue weighted by molar-refractivity contribution is -0.165. The number of esters is 2. The van der Waals surface area contributed by atoms with Gasteiger partial charge in [0.05, 0.1) is 38.3 Å². The Balaban J connectivity index is 0.792. The first-order valence-electron chi connectivity index (χ1n) is 14.1. The average Bonchev–Trinajstić information content (AvgIpc) is 2.79. The van der Waals surface area contributed by atoms with Gasteiger partial charge >= 0.3 is 11.9 Å². The first-order valence-corrected chi connectivity index (χ1v) is 14.1. The molecular formula is C28H42O6. The Labute approximate surface area is 203 Å². The minimum absolute atomic E-state index is 0.00889. The maximum Gasteiger partial charge on any atom is 0.309 e. The van der Waals surface area contributed by atoms with Crippen LogP contribution in [0.3, 0.4) is 0 Å². The molecule has 6 nitrogen and oxygen atoms in total. The van der Waals surface area contributed by atoms with Gasteiger partial charge in [-0.05, 0) is 112 Å². The summed E-state index contributed by atoms with van der Waals surface area (Å²) in [5.74, 6) is 6.04. The second-order valence-electron chi connectivity index (χ2n) is 12.5. The SMILES string of the molecule is O=C(OCCOCCOCCOC(=O)C1C2CC3CC(C2)CC1C3)C1C2CC3CC(C2)CC1C3. The van der Waals surface area contributed by atoms with Gasteiger partial charge in [-0.1, -0.05) is 0 Å². The molecule has 0 atom stereocenters. The fourth-order valence-electron chi connectivity index (χ4n) is 9.54. The molecule has 8 fully saturated rings. The zero-order valence-electron chi connectivity index (χ0n) is 20.5. The average molecular weight is 475 g/mol. The van der Waals surface area contributed by atoms with Crippen molar-refractivity contribution in [3.05, 3.63) is 0 Å². The van der Waals surface area contributed by atoms with E-state index in [2.05, 4.69) is 0 Å². The zero-order valence-corrected chi connectivity index (χ0v) is 20.5. The van der Waals surface area contributed by atoms with E-state index in [9.17, 15) is 9.59 Å². The number of carbonyl (C=O) groups excluding carboxylic acids is 2. The summed E-state index contributed by atoms with van der Waals surface area (Å²) in [7, 11) is 0. The van der Waals surface area contributed by atoms with Crippen molar-refractivity contribution >= 4 is 11.9 Å². The van der Waals surface area contributed by atoms with Crippen molar-refractivity contribution in [2.45, 2.75) is 64.2 Å². The van der Waals surface area contributed by atoms with Gasteiger partial charge in [-0.2, -0.15) is 0 Å². The standard InChI is InChI=1S/C28H42O6/c29-27(25-21-9-17-7-18(11-21)12-22(25)10-17)33-5-3-31-1-2-32-4-6-34-28(30)26-23-13-19-8-20(15-23)16-24(26)14-19/h17-26H,1-16H2. The van der Waals surface area contributed by atoms with Crippen molar-refractivity contribution < 1.29 is 28.5 Å². The molecule has 6 heteroatoms. The second-order valence-corrected chi connectivity index (χ2v) is 12.5. The summed E-state index contributed by atoms with van der Waals surface area (Å²) in [5, 5.41) is 0. The van der Waals surface area contributed by atoms with Crippen LogP contribution in [0.4, 0.5) is 0 Å². The molecule has 8 bridgehead atoms. The van der Waals surface area contributed by atoms with Crippen LogP contribution in [-0.4, -0.2) is 51.6 Å². The van der Waals surface area contributed by atoms with Crippen LogP contribution in [0.25, 0.3) is 0 Å². The smallest absolute Gasteiger partial charge is 0.309 e. The summed E-state index contributed by atoms with van der Waals surface area (Å²) in [4.78, 5) is 25.3. The third-order valence-electron chi connectivity index (χ3n) is 10.3. The zero-order chi connectivity index (χ0) is 23.1. The number of ether oxygens (including phenoxy) is 4. The highest BCUT2D eigenvalue weighted by molar-refractivity contribution is 5.74. The highest BCUT2D eigenvalue weighted by atomic mass is 16.6. The fourth-order valence-corrected chi connectivity index (χ4v) is 9.54. The van der Waals surface area contributed by atoms with Crippen molar-refractivity contribution in [2.75, 3.05) is 39.6 Å². The van der Waals surface area contributed by atoms with Crippen molar-refractivity contribution in [2.24, 2.45) is 59.2 Å². The molecule has 0 aromatic rings. The topological polar surface area (TPSA) is 71.1 Å². The molecule has 0 heterocycles. The molecule has 190 valence electrons. The number of rotatable bonds is 11. The molecule has 8 rings (SSSR count). The van der Waals surface area contributed by atoms with Crippen LogP contribution in [-0.2, 0) is 28.5 Å². The summed E-state index contributed by atoms with van der Waals surface area (Å²) in [6.45, 7) is 2.38. The Morgan fingerprint density at radius 3 is 1.06 bits per heavy atom. The van der Waals surface area contributed by atoms with E-state index >= 15 is 0 Å². The van der Waals surface area contributed by atoms with Crippen LogP contribution in [0.5, 0.6) is 0 Å². The van der Waals surface area contributed by atoms with E-state index in [1.54, 1.807) is 0 Å². The molecule has 0 aliphatic heterocycles. The van der Waals surface area contributed by atoms with Gasteiger partial charge in [0, 0.05) is 0 Å². The summed E-state index contributed by atoms with van der Waals surface area (Å²) in [6, 6.07) is 0. The summed E-state index contributed by atoms with van der Waals surface area (Å²) in [6.07, 6.45) is 12.7. The van der Waals surface area contributed by atoms with Crippen molar-refractivity contribution in [3.63, 3.8) is 0 Å². The monoisotopic (exact) mass is 474 g/mol. The van der Waals surface area contributed by atoms with Crippen molar-refractivity contribution in [1.82, 2.24) is 0 Å². The van der Waals surface area contributed by atoms with Crippen LogP contribution >= 0.6 is 0 Å². The normalized spacial score (nSPS) is 43.3. The molecule has 0 amide bonds.